The predicted octanol–water partition coefficient (Wildman–Crippen LogP) is 2.66. The zero-order chi connectivity index (χ0) is 13.8. The van der Waals surface area contributed by atoms with E-state index in [4.69, 9.17) is 0 Å². The Morgan fingerprint density at radius 1 is 1.39 bits per heavy atom. The summed E-state index contributed by atoms with van der Waals surface area (Å²) in [5.74, 6) is 0.936. The van der Waals surface area contributed by atoms with E-state index < -0.39 is 0 Å². The van der Waals surface area contributed by atoms with E-state index in [9.17, 15) is 4.79 Å². The fourth-order valence-corrected chi connectivity index (χ4v) is 2.74. The average Bonchev–Trinajstić information content (AvgIpc) is 2.58. The predicted molar refractivity (Wildman–Crippen MR) is 76.5 cm³/mol. The first-order valence-corrected chi connectivity index (χ1v) is 7.39. The third kappa shape index (κ3) is 4.27. The van der Waals surface area contributed by atoms with Crippen molar-refractivity contribution in [2.24, 2.45) is 11.3 Å². The number of carbonyl (C=O) groups is 1. The van der Waals surface area contributed by atoms with Gasteiger partial charge in [0.25, 0.3) is 0 Å². The highest BCUT2D eigenvalue weighted by molar-refractivity contribution is 5.78. The molecule has 1 aliphatic heterocycles. The number of likely N-dealkylation sites (N-methyl/N-ethyl adjacent to an activating group) is 1. The molecule has 0 radical (unpaired) electrons. The summed E-state index contributed by atoms with van der Waals surface area (Å²) in [6.07, 6.45) is 3.13. The monoisotopic (exact) mass is 254 g/mol. The standard InChI is InChI=1S/C15H30N2O/c1-6-8-12-9-14(18)17(10-12)11-13(16-7-2)15(3,4)5/h12-13,16H,6-11H2,1-5H3. The summed E-state index contributed by atoms with van der Waals surface area (Å²) in [6, 6.07) is 0.381. The van der Waals surface area contributed by atoms with Crippen LogP contribution in [0.25, 0.3) is 0 Å². The molecule has 1 amide bonds. The van der Waals surface area contributed by atoms with E-state index in [-0.39, 0.29) is 5.41 Å². The number of nitrogens with zero attached hydrogens (tertiary/aromatic N) is 1. The molecular weight excluding hydrogens is 224 g/mol. The van der Waals surface area contributed by atoms with Gasteiger partial charge in [0, 0.05) is 25.6 Å². The summed E-state index contributed by atoms with van der Waals surface area (Å²) in [6.45, 7) is 13.8. The summed E-state index contributed by atoms with van der Waals surface area (Å²) in [7, 11) is 0. The lowest BCUT2D eigenvalue weighted by Gasteiger charge is -2.34. The summed E-state index contributed by atoms with van der Waals surface area (Å²) < 4.78 is 0. The highest BCUT2D eigenvalue weighted by Crippen LogP contribution is 2.26. The Kier molecular flexibility index (Phi) is 5.64. The minimum absolute atomic E-state index is 0.194. The number of rotatable bonds is 6. The maximum Gasteiger partial charge on any atom is 0.222 e. The molecule has 0 saturated carbocycles. The zero-order valence-electron chi connectivity index (χ0n) is 12.8. The Balaban J connectivity index is 2.57. The molecule has 0 aromatic heterocycles. The molecule has 3 nitrogen and oxygen atoms in total. The van der Waals surface area contributed by atoms with Crippen LogP contribution in [-0.2, 0) is 4.79 Å². The van der Waals surface area contributed by atoms with E-state index in [0.717, 1.165) is 26.1 Å². The maximum atomic E-state index is 12.0. The van der Waals surface area contributed by atoms with Crippen LogP contribution in [0.2, 0.25) is 0 Å². The van der Waals surface area contributed by atoms with Crippen molar-refractivity contribution in [3.05, 3.63) is 0 Å². The summed E-state index contributed by atoms with van der Waals surface area (Å²) >= 11 is 0. The molecule has 1 N–H and O–H groups in total. The normalized spacial score (nSPS) is 22.6. The highest BCUT2D eigenvalue weighted by Gasteiger charge is 2.33. The van der Waals surface area contributed by atoms with Gasteiger partial charge in [-0.1, -0.05) is 41.0 Å². The van der Waals surface area contributed by atoms with E-state index in [2.05, 4.69) is 44.8 Å². The third-order valence-corrected chi connectivity index (χ3v) is 3.89. The Hall–Kier alpha value is -0.570. The lowest BCUT2D eigenvalue weighted by Crippen LogP contribution is -2.49. The van der Waals surface area contributed by atoms with Crippen LogP contribution in [0.1, 0.15) is 53.9 Å². The van der Waals surface area contributed by atoms with Crippen molar-refractivity contribution in [3.63, 3.8) is 0 Å². The summed E-state index contributed by atoms with van der Waals surface area (Å²) in [4.78, 5) is 14.1. The minimum Gasteiger partial charge on any atom is -0.341 e. The van der Waals surface area contributed by atoms with E-state index >= 15 is 0 Å². The third-order valence-electron chi connectivity index (χ3n) is 3.89. The van der Waals surface area contributed by atoms with Gasteiger partial charge in [-0.2, -0.15) is 0 Å². The molecule has 1 heterocycles. The van der Waals surface area contributed by atoms with Crippen LogP contribution in [0.15, 0.2) is 0 Å². The largest absolute Gasteiger partial charge is 0.341 e. The zero-order valence-corrected chi connectivity index (χ0v) is 12.8. The minimum atomic E-state index is 0.194. The molecule has 106 valence electrons. The van der Waals surface area contributed by atoms with Crippen LogP contribution in [0.5, 0.6) is 0 Å². The highest BCUT2D eigenvalue weighted by atomic mass is 16.2. The molecule has 1 fully saturated rings. The first-order valence-electron chi connectivity index (χ1n) is 7.39. The molecule has 0 spiro atoms. The fourth-order valence-electron chi connectivity index (χ4n) is 2.74. The molecule has 0 bridgehead atoms. The lowest BCUT2D eigenvalue weighted by molar-refractivity contribution is -0.128. The van der Waals surface area contributed by atoms with Gasteiger partial charge in [-0.15, -0.1) is 0 Å². The van der Waals surface area contributed by atoms with Gasteiger partial charge in [0.2, 0.25) is 5.91 Å². The van der Waals surface area contributed by atoms with Crippen molar-refractivity contribution in [2.45, 2.75) is 59.9 Å². The maximum absolute atomic E-state index is 12.0. The molecule has 3 heteroatoms. The summed E-state index contributed by atoms with van der Waals surface area (Å²) in [5.41, 5.74) is 0.194. The average molecular weight is 254 g/mol. The number of hydrogen-bond acceptors (Lipinski definition) is 2. The van der Waals surface area contributed by atoms with Gasteiger partial charge in [-0.05, 0) is 24.3 Å². The Bertz CT molecular complexity index is 270. The molecule has 2 unspecified atom stereocenters. The molecular formula is C15H30N2O. The number of hydrogen-bond donors (Lipinski definition) is 1. The molecule has 1 saturated heterocycles. The van der Waals surface area contributed by atoms with Crippen LogP contribution < -0.4 is 5.32 Å². The van der Waals surface area contributed by atoms with Gasteiger partial charge >= 0.3 is 0 Å². The lowest BCUT2D eigenvalue weighted by atomic mass is 9.86. The first-order chi connectivity index (χ1) is 8.38. The molecule has 0 aliphatic carbocycles. The molecule has 0 aromatic rings. The van der Waals surface area contributed by atoms with E-state index in [0.29, 0.717) is 17.9 Å². The second kappa shape index (κ2) is 6.55. The van der Waals surface area contributed by atoms with Crippen molar-refractivity contribution in [2.75, 3.05) is 19.6 Å². The molecule has 0 aromatic carbocycles. The number of carbonyl (C=O) groups excluding carboxylic acids is 1. The van der Waals surface area contributed by atoms with Crippen molar-refractivity contribution >= 4 is 5.91 Å². The van der Waals surface area contributed by atoms with Crippen LogP contribution in [0.3, 0.4) is 0 Å². The van der Waals surface area contributed by atoms with Crippen molar-refractivity contribution in [1.82, 2.24) is 10.2 Å². The van der Waals surface area contributed by atoms with Gasteiger partial charge < -0.3 is 10.2 Å². The van der Waals surface area contributed by atoms with Crippen molar-refractivity contribution in [3.8, 4) is 0 Å². The van der Waals surface area contributed by atoms with Crippen LogP contribution in [0.4, 0.5) is 0 Å². The fraction of sp³-hybridized carbons (Fsp3) is 0.933. The van der Waals surface area contributed by atoms with Crippen molar-refractivity contribution < 1.29 is 4.79 Å². The number of nitrogens with one attached hydrogen (secondary N) is 1. The SMILES string of the molecule is CCCC1CC(=O)N(CC(NCC)C(C)(C)C)C1. The molecule has 2 atom stereocenters. The van der Waals surface area contributed by atoms with Gasteiger partial charge in [-0.25, -0.2) is 0 Å². The Morgan fingerprint density at radius 3 is 2.56 bits per heavy atom. The molecule has 18 heavy (non-hydrogen) atoms. The van der Waals surface area contributed by atoms with E-state index in [1.165, 1.54) is 12.8 Å². The van der Waals surface area contributed by atoms with Gasteiger partial charge in [-0.3, -0.25) is 4.79 Å². The number of likely N-dealkylation sites (tertiary alicyclic amines) is 1. The van der Waals surface area contributed by atoms with Crippen molar-refractivity contribution in [1.29, 1.82) is 0 Å². The smallest absolute Gasteiger partial charge is 0.222 e. The summed E-state index contributed by atoms with van der Waals surface area (Å²) in [5, 5.41) is 3.52. The van der Waals surface area contributed by atoms with Crippen LogP contribution in [-0.4, -0.2) is 36.5 Å². The number of amides is 1. The first kappa shape index (κ1) is 15.5. The van der Waals surface area contributed by atoms with E-state index in [1.54, 1.807) is 0 Å². The Morgan fingerprint density at radius 2 is 2.06 bits per heavy atom. The van der Waals surface area contributed by atoms with Gasteiger partial charge in [0.15, 0.2) is 0 Å². The van der Waals surface area contributed by atoms with Gasteiger partial charge in [0.1, 0.15) is 0 Å². The van der Waals surface area contributed by atoms with Gasteiger partial charge in [0.05, 0.1) is 0 Å². The second-order valence-corrected chi connectivity index (χ2v) is 6.63. The van der Waals surface area contributed by atoms with Crippen LogP contribution >= 0.6 is 0 Å². The molecule has 1 aliphatic rings. The topological polar surface area (TPSA) is 32.3 Å². The van der Waals surface area contributed by atoms with E-state index in [1.807, 2.05) is 0 Å². The Labute approximate surface area is 112 Å². The second-order valence-electron chi connectivity index (χ2n) is 6.63. The molecule has 1 rings (SSSR count). The quantitative estimate of drug-likeness (QED) is 0.790. The van der Waals surface area contributed by atoms with Crippen LogP contribution in [0, 0.1) is 11.3 Å².